The number of likely N-dealkylation sites (tertiary alicyclic amines) is 1. The summed E-state index contributed by atoms with van der Waals surface area (Å²) in [6, 6.07) is 4.15. The Kier molecular flexibility index (Phi) is 14.2. The molecule has 47 heavy (non-hydrogen) atoms. The minimum absolute atomic E-state index is 0.0930. The van der Waals surface area contributed by atoms with Crippen LogP contribution in [0.5, 0.6) is 0 Å². The van der Waals surface area contributed by atoms with E-state index in [4.69, 9.17) is 10.5 Å². The molecule has 256 valence electrons. The lowest BCUT2D eigenvalue weighted by atomic mass is 10.0. The third-order valence-corrected chi connectivity index (χ3v) is 7.75. The summed E-state index contributed by atoms with van der Waals surface area (Å²) in [6.45, 7) is 5.50. The lowest BCUT2D eigenvalue weighted by molar-refractivity contribution is -0.137. The van der Waals surface area contributed by atoms with Gasteiger partial charge in [-0.25, -0.2) is 9.59 Å². The first kappa shape index (κ1) is 36.5. The first-order valence-corrected chi connectivity index (χ1v) is 15.9. The number of carbonyl (C=O) groups is 7. The minimum atomic E-state index is -0.988. The van der Waals surface area contributed by atoms with Gasteiger partial charge in [-0.1, -0.05) is 32.4 Å². The maximum Gasteiger partial charge on any atom is 0.410 e. The zero-order valence-corrected chi connectivity index (χ0v) is 26.9. The summed E-state index contributed by atoms with van der Waals surface area (Å²) in [5.41, 5.74) is 6.34. The number of urea groups is 1. The topological polar surface area (TPSA) is 209 Å². The fourth-order valence-corrected chi connectivity index (χ4v) is 4.86. The third-order valence-electron chi connectivity index (χ3n) is 7.75. The van der Waals surface area contributed by atoms with Gasteiger partial charge in [0.2, 0.25) is 17.7 Å². The number of carbonyl (C=O) groups excluding carboxylic acids is 7. The van der Waals surface area contributed by atoms with Gasteiger partial charge in [-0.3, -0.25) is 28.9 Å². The molecule has 3 rings (SSSR count). The Bertz CT molecular complexity index is 1310. The van der Waals surface area contributed by atoms with E-state index in [0.29, 0.717) is 44.5 Å². The highest BCUT2D eigenvalue weighted by Crippen LogP contribution is 2.15. The number of amides is 8. The van der Waals surface area contributed by atoms with Crippen LogP contribution in [0.2, 0.25) is 0 Å². The molecule has 0 aromatic heterocycles. The van der Waals surface area contributed by atoms with Crippen LogP contribution in [0.4, 0.5) is 15.3 Å². The van der Waals surface area contributed by atoms with E-state index in [2.05, 4.69) is 21.3 Å². The molecule has 1 fully saturated rings. The number of nitrogens with zero attached hydrogens (tertiary/aromatic N) is 2. The Labute approximate surface area is 274 Å². The van der Waals surface area contributed by atoms with Crippen molar-refractivity contribution in [1.29, 1.82) is 0 Å². The van der Waals surface area contributed by atoms with Gasteiger partial charge in [0, 0.05) is 50.4 Å². The van der Waals surface area contributed by atoms with Crippen LogP contribution in [-0.4, -0.2) is 89.7 Å². The predicted octanol–water partition coefficient (Wildman–Crippen LogP) is 1.53. The number of anilines is 1. The van der Waals surface area contributed by atoms with Gasteiger partial charge in [-0.2, -0.15) is 0 Å². The number of nitrogens with one attached hydrogen (secondary N) is 4. The average molecular weight is 656 g/mol. The van der Waals surface area contributed by atoms with Crippen LogP contribution < -0.4 is 27.0 Å². The Morgan fingerprint density at radius 2 is 1.57 bits per heavy atom. The molecule has 1 aromatic carbocycles. The van der Waals surface area contributed by atoms with Crippen LogP contribution in [0.1, 0.15) is 64.4 Å². The molecule has 0 saturated carbocycles. The molecule has 1 saturated heterocycles. The van der Waals surface area contributed by atoms with Crippen LogP contribution >= 0.6 is 0 Å². The summed E-state index contributed by atoms with van der Waals surface area (Å²) in [5, 5.41) is 10.7. The summed E-state index contributed by atoms with van der Waals surface area (Å²) in [6.07, 6.45) is 5.39. The van der Waals surface area contributed by atoms with Crippen LogP contribution in [0.15, 0.2) is 36.4 Å². The van der Waals surface area contributed by atoms with E-state index >= 15 is 0 Å². The predicted molar refractivity (Wildman–Crippen MR) is 171 cm³/mol. The maximum absolute atomic E-state index is 13.3. The number of benzene rings is 1. The molecule has 2 heterocycles. The largest absolute Gasteiger partial charge is 0.445 e. The number of imide groups is 1. The van der Waals surface area contributed by atoms with E-state index in [9.17, 15) is 33.6 Å². The SMILES string of the molecule is CC(C)[C@H](NC(=O)CCCCCN1C(=O)C=CC1=O)C(=O)N[C@@H](CCCNC(N)=O)C(=O)Nc1ccc(COC(=O)N2CCC2)cc1. The summed E-state index contributed by atoms with van der Waals surface area (Å²) >= 11 is 0. The van der Waals surface area contributed by atoms with Crippen LogP contribution in [0.3, 0.4) is 0 Å². The molecule has 0 unspecified atom stereocenters. The summed E-state index contributed by atoms with van der Waals surface area (Å²) in [4.78, 5) is 88.4. The fraction of sp³-hybridized carbons (Fsp3) is 0.531. The van der Waals surface area contributed by atoms with Crippen molar-refractivity contribution in [3.63, 3.8) is 0 Å². The monoisotopic (exact) mass is 655 g/mol. The van der Waals surface area contributed by atoms with Crippen molar-refractivity contribution in [2.24, 2.45) is 11.7 Å². The molecular formula is C32H45N7O8. The lowest BCUT2D eigenvalue weighted by Gasteiger charge is -2.29. The highest BCUT2D eigenvalue weighted by Gasteiger charge is 2.29. The Morgan fingerprint density at radius 1 is 0.894 bits per heavy atom. The van der Waals surface area contributed by atoms with Gasteiger partial charge in [0.1, 0.15) is 18.7 Å². The summed E-state index contributed by atoms with van der Waals surface area (Å²) < 4.78 is 5.29. The number of hydrogen-bond acceptors (Lipinski definition) is 8. The quantitative estimate of drug-likeness (QED) is 0.115. The molecular weight excluding hydrogens is 610 g/mol. The van der Waals surface area contributed by atoms with E-state index in [-0.39, 0.29) is 62.3 Å². The number of rotatable bonds is 18. The molecule has 8 amide bonds. The van der Waals surface area contributed by atoms with Crippen LogP contribution in [0.25, 0.3) is 0 Å². The van der Waals surface area contributed by atoms with Crippen molar-refractivity contribution in [2.45, 2.75) is 77.5 Å². The van der Waals surface area contributed by atoms with Crippen molar-refractivity contribution < 1.29 is 38.3 Å². The first-order chi connectivity index (χ1) is 22.4. The van der Waals surface area contributed by atoms with Crippen molar-refractivity contribution in [3.05, 3.63) is 42.0 Å². The fourth-order valence-electron chi connectivity index (χ4n) is 4.86. The van der Waals surface area contributed by atoms with E-state index < -0.39 is 29.9 Å². The number of nitrogens with two attached hydrogens (primary N) is 1. The highest BCUT2D eigenvalue weighted by molar-refractivity contribution is 6.12. The smallest absolute Gasteiger partial charge is 0.410 e. The molecule has 2 atom stereocenters. The standard InChI is InChI=1S/C32H45N7O8/c1-21(2)28(37-25(40)9-4-3-5-19-39-26(41)14-15-27(39)42)30(44)36-24(8-6-16-34-31(33)45)29(43)35-23-12-10-22(11-13-23)20-47-32(46)38-17-7-18-38/h10-15,21,24,28H,3-9,16-20H2,1-2H3,(H,35,43)(H,36,44)(H,37,40)(H3,33,34,45)/t24-,28-/m0/s1. The normalized spacial score (nSPS) is 15.1. The van der Waals surface area contributed by atoms with Crippen molar-refractivity contribution in [3.8, 4) is 0 Å². The second-order valence-electron chi connectivity index (χ2n) is 11.8. The molecule has 15 heteroatoms. The summed E-state index contributed by atoms with van der Waals surface area (Å²) in [7, 11) is 0. The molecule has 2 aliphatic rings. The molecule has 15 nitrogen and oxygen atoms in total. The molecule has 1 aromatic rings. The van der Waals surface area contributed by atoms with Gasteiger partial charge in [-0.05, 0) is 55.7 Å². The van der Waals surface area contributed by atoms with E-state index in [1.807, 2.05) is 0 Å². The van der Waals surface area contributed by atoms with Crippen molar-refractivity contribution in [1.82, 2.24) is 25.8 Å². The number of primary amides is 1. The second kappa shape index (κ2) is 18.3. The Morgan fingerprint density at radius 3 is 2.17 bits per heavy atom. The minimum Gasteiger partial charge on any atom is -0.445 e. The van der Waals surface area contributed by atoms with Gasteiger partial charge in [-0.15, -0.1) is 0 Å². The molecule has 0 bridgehead atoms. The van der Waals surface area contributed by atoms with Gasteiger partial charge < -0.3 is 36.6 Å². The van der Waals surface area contributed by atoms with Crippen molar-refractivity contribution in [2.75, 3.05) is 31.5 Å². The number of ether oxygens (including phenoxy) is 1. The third kappa shape index (κ3) is 12.1. The van der Waals surface area contributed by atoms with Gasteiger partial charge in [0.25, 0.3) is 11.8 Å². The van der Waals surface area contributed by atoms with E-state index in [1.165, 1.54) is 12.2 Å². The van der Waals surface area contributed by atoms with E-state index in [1.54, 1.807) is 43.0 Å². The number of hydrogen-bond donors (Lipinski definition) is 5. The van der Waals surface area contributed by atoms with Gasteiger partial charge in [0.05, 0.1) is 0 Å². The van der Waals surface area contributed by atoms with Crippen LogP contribution in [0, 0.1) is 5.92 Å². The second-order valence-corrected chi connectivity index (χ2v) is 11.8. The van der Waals surface area contributed by atoms with Gasteiger partial charge in [0.15, 0.2) is 0 Å². The zero-order valence-electron chi connectivity index (χ0n) is 26.9. The average Bonchev–Trinajstić information content (AvgIpc) is 3.31. The Hall–Kier alpha value is -4.95. The number of unbranched alkanes of at least 4 members (excludes halogenated alkanes) is 2. The van der Waals surface area contributed by atoms with E-state index in [0.717, 1.165) is 16.9 Å². The molecule has 0 spiro atoms. The lowest BCUT2D eigenvalue weighted by Crippen LogP contribution is -2.54. The molecule has 0 aliphatic carbocycles. The van der Waals surface area contributed by atoms with Crippen molar-refractivity contribution >= 4 is 47.3 Å². The zero-order chi connectivity index (χ0) is 34.3. The van der Waals surface area contributed by atoms with Crippen LogP contribution in [-0.2, 0) is 35.3 Å². The Balaban J connectivity index is 1.51. The highest BCUT2D eigenvalue weighted by atomic mass is 16.6. The molecule has 0 radical (unpaired) electrons. The maximum atomic E-state index is 13.3. The van der Waals surface area contributed by atoms with Gasteiger partial charge >= 0.3 is 12.1 Å². The molecule has 6 N–H and O–H groups in total. The first-order valence-electron chi connectivity index (χ1n) is 15.9. The summed E-state index contributed by atoms with van der Waals surface area (Å²) in [5.74, 6) is -2.34. The molecule has 2 aliphatic heterocycles.